The Morgan fingerprint density at radius 2 is 1.60 bits per heavy atom. The van der Waals surface area contributed by atoms with Crippen LogP contribution >= 0.6 is 11.6 Å². The Labute approximate surface area is 122 Å². The van der Waals surface area contributed by atoms with Crippen molar-refractivity contribution in [1.29, 1.82) is 0 Å². The molecule has 1 N–H and O–H groups in total. The summed E-state index contributed by atoms with van der Waals surface area (Å²) in [6, 6.07) is 19.2. The van der Waals surface area contributed by atoms with Crippen molar-refractivity contribution >= 4 is 23.2 Å². The maximum Gasteiger partial charge on any atom is 0.271 e. The first-order valence-corrected chi connectivity index (χ1v) is 6.75. The highest BCUT2D eigenvalue weighted by Crippen LogP contribution is 2.35. The quantitative estimate of drug-likeness (QED) is 0.865. The van der Waals surface area contributed by atoms with Crippen LogP contribution in [0.2, 0.25) is 0 Å². The van der Waals surface area contributed by atoms with Crippen LogP contribution in [-0.2, 0) is 16.1 Å². The van der Waals surface area contributed by atoms with Crippen molar-refractivity contribution in [1.82, 2.24) is 5.43 Å². The van der Waals surface area contributed by atoms with Crippen LogP contribution in [-0.4, -0.2) is 11.6 Å². The minimum atomic E-state index is -1.21. The fourth-order valence-corrected chi connectivity index (χ4v) is 2.60. The number of hydrogen-bond donors (Lipinski definition) is 1. The zero-order valence-corrected chi connectivity index (χ0v) is 11.5. The van der Waals surface area contributed by atoms with E-state index in [0.29, 0.717) is 12.1 Å². The number of carbonyl (C=O) groups excluding carboxylic acids is 1. The van der Waals surface area contributed by atoms with Crippen LogP contribution in [0.3, 0.4) is 0 Å². The van der Waals surface area contributed by atoms with Gasteiger partial charge < -0.3 is 0 Å². The molecule has 4 heteroatoms. The van der Waals surface area contributed by atoms with E-state index in [9.17, 15) is 4.79 Å². The fraction of sp³-hybridized carbons (Fsp3) is 0.125. The molecule has 0 bridgehead atoms. The van der Waals surface area contributed by atoms with E-state index >= 15 is 0 Å². The van der Waals surface area contributed by atoms with Gasteiger partial charge in [0.05, 0.1) is 5.71 Å². The van der Waals surface area contributed by atoms with Gasteiger partial charge in [-0.15, -0.1) is 0 Å². The number of benzene rings is 2. The summed E-state index contributed by atoms with van der Waals surface area (Å²) in [7, 11) is 0. The van der Waals surface area contributed by atoms with Gasteiger partial charge in [0.25, 0.3) is 5.91 Å². The van der Waals surface area contributed by atoms with Crippen molar-refractivity contribution in [2.24, 2.45) is 5.10 Å². The van der Waals surface area contributed by atoms with E-state index in [1.807, 2.05) is 60.7 Å². The van der Waals surface area contributed by atoms with Crippen molar-refractivity contribution in [3.63, 3.8) is 0 Å². The molecule has 1 amide bonds. The molecule has 0 saturated carbocycles. The van der Waals surface area contributed by atoms with Gasteiger partial charge in [0.1, 0.15) is 0 Å². The van der Waals surface area contributed by atoms with E-state index in [1.54, 1.807) is 0 Å². The molecule has 0 aromatic heterocycles. The second-order valence-corrected chi connectivity index (χ2v) is 5.25. The Balaban J connectivity index is 1.97. The molecular weight excluding hydrogens is 272 g/mol. The van der Waals surface area contributed by atoms with Gasteiger partial charge in [0, 0.05) is 6.42 Å². The van der Waals surface area contributed by atoms with Crippen LogP contribution in [0.15, 0.2) is 65.8 Å². The topological polar surface area (TPSA) is 41.5 Å². The Kier molecular flexibility index (Phi) is 3.28. The van der Waals surface area contributed by atoms with Crippen LogP contribution < -0.4 is 5.43 Å². The summed E-state index contributed by atoms with van der Waals surface area (Å²) in [4.78, 5) is 10.9. The molecule has 2 aromatic rings. The van der Waals surface area contributed by atoms with E-state index in [4.69, 9.17) is 11.6 Å². The zero-order valence-electron chi connectivity index (χ0n) is 10.7. The third kappa shape index (κ3) is 2.10. The maximum absolute atomic E-state index is 12.1. The van der Waals surface area contributed by atoms with E-state index in [-0.39, 0.29) is 5.91 Å². The number of nitrogens with one attached hydrogen (secondary N) is 1. The van der Waals surface area contributed by atoms with Crippen LogP contribution in [0.4, 0.5) is 0 Å². The summed E-state index contributed by atoms with van der Waals surface area (Å²) < 4.78 is 0. The van der Waals surface area contributed by atoms with Gasteiger partial charge in [-0.2, -0.15) is 5.10 Å². The van der Waals surface area contributed by atoms with E-state index in [0.717, 1.165) is 11.1 Å². The molecule has 0 aliphatic carbocycles. The molecule has 1 aliphatic heterocycles. The lowest BCUT2D eigenvalue weighted by molar-refractivity contribution is -0.121. The second kappa shape index (κ2) is 5.10. The lowest BCUT2D eigenvalue weighted by atomic mass is 9.89. The summed E-state index contributed by atoms with van der Waals surface area (Å²) in [6.45, 7) is 0. The Hall–Kier alpha value is -2.13. The van der Waals surface area contributed by atoms with Crippen LogP contribution in [0.25, 0.3) is 0 Å². The first-order valence-electron chi connectivity index (χ1n) is 6.37. The predicted octanol–water partition coefficient (Wildman–Crippen LogP) is 2.85. The van der Waals surface area contributed by atoms with Gasteiger partial charge in [-0.1, -0.05) is 72.3 Å². The monoisotopic (exact) mass is 284 g/mol. The Morgan fingerprint density at radius 3 is 2.25 bits per heavy atom. The van der Waals surface area contributed by atoms with E-state index < -0.39 is 4.87 Å². The molecule has 0 saturated heterocycles. The van der Waals surface area contributed by atoms with Crippen LogP contribution in [0, 0.1) is 0 Å². The first-order chi connectivity index (χ1) is 9.71. The highest BCUT2D eigenvalue weighted by Gasteiger charge is 2.47. The van der Waals surface area contributed by atoms with Crippen molar-refractivity contribution in [2.75, 3.05) is 0 Å². The van der Waals surface area contributed by atoms with Crippen LogP contribution in [0.1, 0.15) is 11.1 Å². The molecule has 3 rings (SSSR count). The lowest BCUT2D eigenvalue weighted by Gasteiger charge is -2.21. The van der Waals surface area contributed by atoms with E-state index in [1.165, 1.54) is 0 Å². The highest BCUT2D eigenvalue weighted by atomic mass is 35.5. The molecule has 3 nitrogen and oxygen atoms in total. The van der Waals surface area contributed by atoms with Crippen molar-refractivity contribution in [3.8, 4) is 0 Å². The van der Waals surface area contributed by atoms with Crippen molar-refractivity contribution < 1.29 is 4.79 Å². The molecule has 1 atom stereocenters. The number of rotatable bonds is 3. The maximum atomic E-state index is 12.1. The average molecular weight is 285 g/mol. The predicted molar refractivity (Wildman–Crippen MR) is 79.7 cm³/mol. The van der Waals surface area contributed by atoms with E-state index in [2.05, 4.69) is 10.5 Å². The number of hydrogen-bond acceptors (Lipinski definition) is 2. The molecule has 0 radical (unpaired) electrons. The molecular formula is C16H13ClN2O. The smallest absolute Gasteiger partial charge is 0.270 e. The number of halogens is 1. The zero-order chi connectivity index (χ0) is 14.0. The Bertz CT molecular complexity index is 655. The molecule has 1 aliphatic rings. The standard InChI is InChI=1S/C16H13ClN2O/c17-16(13-9-5-2-6-10-13)14(18-19-15(16)20)11-12-7-3-1-4-8-12/h1-10H,11H2,(H,19,20). The summed E-state index contributed by atoms with van der Waals surface area (Å²) in [5.41, 5.74) is 4.94. The lowest BCUT2D eigenvalue weighted by Crippen LogP contribution is -2.38. The number of hydrazone groups is 1. The van der Waals surface area contributed by atoms with Gasteiger partial charge in [-0.3, -0.25) is 4.79 Å². The number of nitrogens with zero attached hydrogens (tertiary/aromatic N) is 1. The normalized spacial score (nSPS) is 21.4. The third-order valence-electron chi connectivity index (χ3n) is 3.39. The minimum Gasteiger partial charge on any atom is -0.270 e. The van der Waals surface area contributed by atoms with Gasteiger partial charge >= 0.3 is 0 Å². The minimum absolute atomic E-state index is 0.295. The SMILES string of the molecule is O=C1NN=C(Cc2ccccc2)C1(Cl)c1ccccc1. The van der Waals surface area contributed by atoms with Gasteiger partial charge in [0.15, 0.2) is 4.87 Å². The van der Waals surface area contributed by atoms with Crippen molar-refractivity contribution in [2.45, 2.75) is 11.3 Å². The van der Waals surface area contributed by atoms with Gasteiger partial charge in [0.2, 0.25) is 0 Å². The number of amides is 1. The summed E-state index contributed by atoms with van der Waals surface area (Å²) >= 11 is 6.62. The molecule has 20 heavy (non-hydrogen) atoms. The molecule has 0 spiro atoms. The molecule has 1 heterocycles. The summed E-state index contributed by atoms with van der Waals surface area (Å²) in [5, 5.41) is 4.13. The van der Waals surface area contributed by atoms with Crippen LogP contribution in [0.5, 0.6) is 0 Å². The molecule has 0 fully saturated rings. The van der Waals surface area contributed by atoms with Gasteiger partial charge in [-0.25, -0.2) is 5.43 Å². The first kappa shape index (κ1) is 12.9. The summed E-state index contributed by atoms with van der Waals surface area (Å²) in [6.07, 6.45) is 0.540. The van der Waals surface area contributed by atoms with Gasteiger partial charge in [-0.05, 0) is 11.1 Å². The average Bonchev–Trinajstić information content (AvgIpc) is 2.79. The molecule has 2 aromatic carbocycles. The fourth-order valence-electron chi connectivity index (χ4n) is 2.32. The molecule has 1 unspecified atom stereocenters. The van der Waals surface area contributed by atoms with Crippen molar-refractivity contribution in [3.05, 3.63) is 71.8 Å². The third-order valence-corrected chi connectivity index (χ3v) is 4.00. The number of alkyl halides is 1. The number of carbonyl (C=O) groups is 1. The molecule has 100 valence electrons. The highest BCUT2D eigenvalue weighted by molar-refractivity contribution is 6.48. The Morgan fingerprint density at radius 1 is 1.00 bits per heavy atom. The summed E-state index contributed by atoms with van der Waals surface area (Å²) in [5.74, 6) is -0.295. The second-order valence-electron chi connectivity index (χ2n) is 4.69. The largest absolute Gasteiger partial charge is 0.271 e.